The highest BCUT2D eigenvalue weighted by Gasteiger charge is 2.04. The molecule has 100 valence electrons. The van der Waals surface area contributed by atoms with Gasteiger partial charge in [0, 0.05) is 40.0 Å². The van der Waals surface area contributed by atoms with Gasteiger partial charge in [-0.15, -0.1) is 0 Å². The quantitative estimate of drug-likeness (QED) is 0.624. The molecule has 0 rings (SSSR count). The molecule has 0 aromatic carbocycles. The van der Waals surface area contributed by atoms with Gasteiger partial charge in [0.15, 0.2) is 0 Å². The molecular formula is C12H25N3O2. The highest BCUT2D eigenvalue weighted by atomic mass is 16.2. The Morgan fingerprint density at radius 3 is 2.29 bits per heavy atom. The van der Waals surface area contributed by atoms with Crippen LogP contribution in [-0.2, 0) is 9.59 Å². The van der Waals surface area contributed by atoms with Crippen molar-refractivity contribution in [2.45, 2.75) is 26.7 Å². The maximum atomic E-state index is 11.0. The Labute approximate surface area is 104 Å². The predicted octanol–water partition coefficient (Wildman–Crippen LogP) is 0.313. The van der Waals surface area contributed by atoms with Gasteiger partial charge >= 0.3 is 0 Å². The maximum Gasteiger partial charge on any atom is 0.219 e. The summed E-state index contributed by atoms with van der Waals surface area (Å²) in [6, 6.07) is 0. The van der Waals surface area contributed by atoms with Gasteiger partial charge in [-0.2, -0.15) is 0 Å². The lowest BCUT2D eigenvalue weighted by atomic mass is 10.3. The molecule has 0 heterocycles. The summed E-state index contributed by atoms with van der Waals surface area (Å²) in [5.41, 5.74) is 0. The number of amides is 2. The van der Waals surface area contributed by atoms with Crippen molar-refractivity contribution in [1.29, 1.82) is 0 Å². The molecule has 0 fully saturated rings. The number of nitrogens with one attached hydrogen (secondary N) is 1. The van der Waals surface area contributed by atoms with E-state index in [1.807, 2.05) is 14.0 Å². The minimum absolute atomic E-state index is 0.0913. The summed E-state index contributed by atoms with van der Waals surface area (Å²) in [6.45, 7) is 6.67. The summed E-state index contributed by atoms with van der Waals surface area (Å²) in [6.07, 6.45) is 1.48. The Kier molecular flexibility index (Phi) is 8.40. The molecule has 0 saturated heterocycles. The molecule has 5 heteroatoms. The minimum Gasteiger partial charge on any atom is -0.356 e. The van der Waals surface area contributed by atoms with Crippen LogP contribution in [0.25, 0.3) is 0 Å². The summed E-state index contributed by atoms with van der Waals surface area (Å²) < 4.78 is 0. The highest BCUT2D eigenvalue weighted by molar-refractivity contribution is 5.75. The fourth-order valence-corrected chi connectivity index (χ4v) is 1.29. The lowest BCUT2D eigenvalue weighted by molar-refractivity contribution is -0.127. The van der Waals surface area contributed by atoms with Crippen LogP contribution in [-0.4, -0.2) is 61.9 Å². The van der Waals surface area contributed by atoms with Crippen molar-refractivity contribution in [3.63, 3.8) is 0 Å². The number of likely N-dealkylation sites (N-methyl/N-ethyl adjacent to an activating group) is 2. The Hall–Kier alpha value is -1.10. The van der Waals surface area contributed by atoms with Crippen molar-refractivity contribution in [2.75, 3.05) is 40.3 Å². The molecule has 0 bridgehead atoms. The summed E-state index contributed by atoms with van der Waals surface area (Å²) in [5.74, 6) is 0.192. The fraction of sp³-hybridized carbons (Fsp3) is 0.833. The van der Waals surface area contributed by atoms with E-state index in [2.05, 4.69) is 10.2 Å². The van der Waals surface area contributed by atoms with Crippen LogP contribution >= 0.6 is 0 Å². The van der Waals surface area contributed by atoms with Crippen molar-refractivity contribution in [3.8, 4) is 0 Å². The smallest absolute Gasteiger partial charge is 0.219 e. The minimum atomic E-state index is 0.0913. The Morgan fingerprint density at radius 1 is 1.12 bits per heavy atom. The number of carbonyl (C=O) groups is 2. The van der Waals surface area contributed by atoms with Crippen LogP contribution in [0.5, 0.6) is 0 Å². The first-order valence-corrected chi connectivity index (χ1v) is 6.14. The zero-order chi connectivity index (χ0) is 13.3. The zero-order valence-electron chi connectivity index (χ0n) is 11.5. The molecule has 5 nitrogen and oxygen atoms in total. The summed E-state index contributed by atoms with van der Waals surface area (Å²) in [5, 5.41) is 2.84. The van der Waals surface area contributed by atoms with Crippen LogP contribution in [0.2, 0.25) is 0 Å². The molecule has 0 spiro atoms. The monoisotopic (exact) mass is 243 g/mol. The van der Waals surface area contributed by atoms with E-state index in [-0.39, 0.29) is 11.8 Å². The molecule has 2 amide bonds. The van der Waals surface area contributed by atoms with E-state index in [0.717, 1.165) is 32.6 Å². The SMILES string of the molecule is CCC(=O)NCCCN(C)CCN(C)C(C)=O. The molecular weight excluding hydrogens is 218 g/mol. The van der Waals surface area contributed by atoms with Crippen molar-refractivity contribution in [2.24, 2.45) is 0 Å². The third kappa shape index (κ3) is 8.68. The molecule has 17 heavy (non-hydrogen) atoms. The number of carbonyl (C=O) groups excluding carboxylic acids is 2. The van der Waals surface area contributed by atoms with Crippen molar-refractivity contribution >= 4 is 11.8 Å². The van der Waals surface area contributed by atoms with Crippen LogP contribution in [0, 0.1) is 0 Å². The molecule has 0 aliphatic carbocycles. The molecule has 0 aromatic rings. The van der Waals surface area contributed by atoms with E-state index < -0.39 is 0 Å². The van der Waals surface area contributed by atoms with Gasteiger partial charge in [-0.25, -0.2) is 0 Å². The van der Waals surface area contributed by atoms with Crippen LogP contribution < -0.4 is 5.32 Å². The van der Waals surface area contributed by atoms with Gasteiger partial charge in [-0.1, -0.05) is 6.92 Å². The fourth-order valence-electron chi connectivity index (χ4n) is 1.29. The van der Waals surface area contributed by atoms with Crippen molar-refractivity contribution in [1.82, 2.24) is 15.1 Å². The standard InChI is InChI=1S/C12H25N3O2/c1-5-12(17)13-7-6-8-14(3)9-10-15(4)11(2)16/h5-10H2,1-4H3,(H,13,17). The Bertz CT molecular complexity index is 244. The van der Waals surface area contributed by atoms with Gasteiger partial charge in [-0.3, -0.25) is 9.59 Å². The first kappa shape index (κ1) is 15.9. The second kappa shape index (κ2) is 8.98. The first-order chi connectivity index (χ1) is 7.97. The highest BCUT2D eigenvalue weighted by Crippen LogP contribution is 1.90. The Morgan fingerprint density at radius 2 is 1.76 bits per heavy atom. The molecule has 1 N–H and O–H groups in total. The largest absolute Gasteiger partial charge is 0.356 e. The molecule has 0 unspecified atom stereocenters. The maximum absolute atomic E-state index is 11.0. The molecule has 0 aliphatic heterocycles. The van der Waals surface area contributed by atoms with Gasteiger partial charge in [0.1, 0.15) is 0 Å². The number of hydrogen-bond acceptors (Lipinski definition) is 3. The summed E-state index contributed by atoms with van der Waals surface area (Å²) >= 11 is 0. The Balaban J connectivity index is 3.50. The van der Waals surface area contributed by atoms with Crippen LogP contribution in [0.1, 0.15) is 26.7 Å². The van der Waals surface area contributed by atoms with Crippen LogP contribution in [0.15, 0.2) is 0 Å². The van der Waals surface area contributed by atoms with Gasteiger partial charge in [0.25, 0.3) is 0 Å². The van der Waals surface area contributed by atoms with Gasteiger partial charge in [0.05, 0.1) is 0 Å². The third-order valence-electron chi connectivity index (χ3n) is 2.71. The topological polar surface area (TPSA) is 52.7 Å². The average Bonchev–Trinajstić information content (AvgIpc) is 2.30. The van der Waals surface area contributed by atoms with Crippen LogP contribution in [0.4, 0.5) is 0 Å². The van der Waals surface area contributed by atoms with Gasteiger partial charge in [-0.05, 0) is 20.0 Å². The van der Waals surface area contributed by atoms with Crippen LogP contribution in [0.3, 0.4) is 0 Å². The lowest BCUT2D eigenvalue weighted by Gasteiger charge is -2.21. The second-order valence-corrected chi connectivity index (χ2v) is 4.30. The summed E-state index contributed by atoms with van der Waals surface area (Å²) in [7, 11) is 3.83. The number of nitrogens with zero attached hydrogens (tertiary/aromatic N) is 2. The molecule has 0 atom stereocenters. The number of rotatable bonds is 8. The van der Waals surface area contributed by atoms with E-state index in [0.29, 0.717) is 6.42 Å². The molecule has 0 aromatic heterocycles. The predicted molar refractivity (Wildman–Crippen MR) is 68.7 cm³/mol. The average molecular weight is 243 g/mol. The third-order valence-corrected chi connectivity index (χ3v) is 2.71. The molecule has 0 aliphatic rings. The number of hydrogen-bond donors (Lipinski definition) is 1. The normalized spacial score (nSPS) is 10.4. The molecule has 0 saturated carbocycles. The van der Waals surface area contributed by atoms with E-state index >= 15 is 0 Å². The van der Waals surface area contributed by atoms with E-state index in [1.165, 1.54) is 0 Å². The van der Waals surface area contributed by atoms with Gasteiger partial charge in [0.2, 0.25) is 11.8 Å². The second-order valence-electron chi connectivity index (χ2n) is 4.30. The molecule has 0 radical (unpaired) electrons. The van der Waals surface area contributed by atoms with Crippen molar-refractivity contribution < 1.29 is 9.59 Å². The van der Waals surface area contributed by atoms with E-state index in [4.69, 9.17) is 0 Å². The zero-order valence-corrected chi connectivity index (χ0v) is 11.5. The first-order valence-electron chi connectivity index (χ1n) is 6.14. The summed E-state index contributed by atoms with van der Waals surface area (Å²) in [4.78, 5) is 25.8. The lowest BCUT2D eigenvalue weighted by Crippen LogP contribution is -2.34. The van der Waals surface area contributed by atoms with E-state index in [9.17, 15) is 9.59 Å². The van der Waals surface area contributed by atoms with Crippen molar-refractivity contribution in [3.05, 3.63) is 0 Å². The van der Waals surface area contributed by atoms with Gasteiger partial charge < -0.3 is 15.1 Å². The van der Waals surface area contributed by atoms with E-state index in [1.54, 1.807) is 18.9 Å².